The van der Waals surface area contributed by atoms with Crippen LogP contribution in [0.4, 0.5) is 0 Å². The summed E-state index contributed by atoms with van der Waals surface area (Å²) >= 11 is 0. The Kier molecular flexibility index (Phi) is 2.83. The molecule has 0 spiro atoms. The number of hydrogen-bond acceptors (Lipinski definition) is 2. The van der Waals surface area contributed by atoms with Crippen LogP contribution in [0, 0.1) is 5.92 Å². The first kappa shape index (κ1) is 11.7. The summed E-state index contributed by atoms with van der Waals surface area (Å²) in [6.07, 6.45) is 7.85. The number of hydrogen-bond donors (Lipinski definition) is 1. The van der Waals surface area contributed by atoms with Crippen LogP contribution < -0.4 is 0 Å². The summed E-state index contributed by atoms with van der Waals surface area (Å²) in [5.41, 5.74) is 0.341. The molecular weight excluding hydrogens is 222 g/mol. The van der Waals surface area contributed by atoms with E-state index in [1.165, 1.54) is 0 Å². The molecule has 3 rings (SSSR count). The van der Waals surface area contributed by atoms with Gasteiger partial charge in [-0.1, -0.05) is 37.6 Å². The van der Waals surface area contributed by atoms with Crippen molar-refractivity contribution in [1.82, 2.24) is 4.98 Å². The van der Waals surface area contributed by atoms with E-state index in [0.29, 0.717) is 5.92 Å². The molecule has 1 heterocycles. The molecule has 2 heteroatoms. The Labute approximate surface area is 108 Å². The summed E-state index contributed by atoms with van der Waals surface area (Å²) < 4.78 is 0. The van der Waals surface area contributed by atoms with Gasteiger partial charge in [-0.15, -0.1) is 0 Å². The van der Waals surface area contributed by atoms with Gasteiger partial charge in [0.15, 0.2) is 0 Å². The molecule has 1 aromatic heterocycles. The average molecular weight is 241 g/mol. The maximum absolute atomic E-state index is 11.1. The van der Waals surface area contributed by atoms with E-state index in [0.717, 1.165) is 42.0 Å². The lowest BCUT2D eigenvalue weighted by Gasteiger charge is -2.30. The fourth-order valence-electron chi connectivity index (χ4n) is 3.42. The summed E-state index contributed by atoms with van der Waals surface area (Å²) in [6, 6.07) is 8.20. The van der Waals surface area contributed by atoms with Crippen LogP contribution in [0.2, 0.25) is 0 Å². The Morgan fingerprint density at radius 2 is 2.17 bits per heavy atom. The van der Waals surface area contributed by atoms with E-state index >= 15 is 0 Å². The zero-order valence-electron chi connectivity index (χ0n) is 10.8. The monoisotopic (exact) mass is 241 g/mol. The average Bonchev–Trinajstić information content (AvgIpc) is 2.80. The molecule has 0 bridgehead atoms. The van der Waals surface area contributed by atoms with Gasteiger partial charge in [0.25, 0.3) is 0 Å². The molecule has 1 fully saturated rings. The van der Waals surface area contributed by atoms with Crippen LogP contribution in [-0.4, -0.2) is 10.1 Å². The first-order valence-electron chi connectivity index (χ1n) is 6.81. The molecule has 1 aliphatic rings. The van der Waals surface area contributed by atoms with Crippen molar-refractivity contribution in [3.05, 3.63) is 42.2 Å². The first-order chi connectivity index (χ1) is 8.75. The number of pyridine rings is 1. The van der Waals surface area contributed by atoms with Crippen LogP contribution in [0.1, 0.15) is 38.2 Å². The van der Waals surface area contributed by atoms with Crippen molar-refractivity contribution in [3.8, 4) is 0 Å². The second kappa shape index (κ2) is 4.36. The Morgan fingerprint density at radius 1 is 1.33 bits per heavy atom. The lowest BCUT2D eigenvalue weighted by atomic mass is 9.81. The van der Waals surface area contributed by atoms with E-state index in [4.69, 9.17) is 0 Å². The van der Waals surface area contributed by atoms with Crippen LogP contribution in [-0.2, 0) is 5.60 Å². The van der Waals surface area contributed by atoms with Crippen molar-refractivity contribution in [3.63, 3.8) is 0 Å². The molecular formula is C16H19NO. The van der Waals surface area contributed by atoms with Crippen LogP contribution in [0.15, 0.2) is 36.7 Å². The number of rotatable bonds is 2. The zero-order chi connectivity index (χ0) is 12.6. The Hall–Kier alpha value is -1.41. The minimum Gasteiger partial charge on any atom is -0.385 e. The fourth-order valence-corrected chi connectivity index (χ4v) is 3.42. The first-order valence-corrected chi connectivity index (χ1v) is 6.81. The molecule has 2 nitrogen and oxygen atoms in total. The number of fused-ring (bicyclic) bond motifs is 1. The smallest absolute Gasteiger partial charge is 0.0945 e. The molecule has 1 aromatic carbocycles. The topological polar surface area (TPSA) is 33.1 Å². The van der Waals surface area contributed by atoms with Crippen molar-refractivity contribution in [2.45, 2.75) is 38.2 Å². The van der Waals surface area contributed by atoms with Gasteiger partial charge < -0.3 is 5.11 Å². The van der Waals surface area contributed by atoms with Crippen LogP contribution >= 0.6 is 0 Å². The van der Waals surface area contributed by atoms with E-state index in [2.05, 4.69) is 24.0 Å². The summed E-state index contributed by atoms with van der Waals surface area (Å²) in [5, 5.41) is 13.3. The number of nitrogens with zero attached hydrogens (tertiary/aromatic N) is 1. The molecule has 0 aliphatic heterocycles. The van der Waals surface area contributed by atoms with Gasteiger partial charge in [0, 0.05) is 23.3 Å². The highest BCUT2D eigenvalue weighted by Gasteiger charge is 2.42. The molecule has 94 valence electrons. The molecule has 2 atom stereocenters. The SMILES string of the molecule is CCC1CCCC1(O)c1cncc2ccccc12. The van der Waals surface area contributed by atoms with Gasteiger partial charge in [-0.25, -0.2) is 0 Å². The van der Waals surface area contributed by atoms with Gasteiger partial charge >= 0.3 is 0 Å². The molecule has 0 amide bonds. The van der Waals surface area contributed by atoms with Gasteiger partial charge in [-0.2, -0.15) is 0 Å². The molecule has 2 aromatic rings. The standard InChI is InChI=1S/C16H19NO/c1-2-13-7-5-9-16(13,18)15-11-17-10-12-6-3-4-8-14(12)15/h3-4,6,8,10-11,13,18H,2,5,7,9H2,1H3. The highest BCUT2D eigenvalue weighted by atomic mass is 16.3. The van der Waals surface area contributed by atoms with E-state index in [-0.39, 0.29) is 0 Å². The van der Waals surface area contributed by atoms with Crippen molar-refractivity contribution < 1.29 is 5.11 Å². The molecule has 2 unspecified atom stereocenters. The van der Waals surface area contributed by atoms with Crippen molar-refractivity contribution in [1.29, 1.82) is 0 Å². The molecule has 0 saturated heterocycles. The normalized spacial score (nSPS) is 27.8. The molecule has 1 aliphatic carbocycles. The lowest BCUT2D eigenvalue weighted by Crippen LogP contribution is -2.30. The van der Waals surface area contributed by atoms with Crippen LogP contribution in [0.5, 0.6) is 0 Å². The third-order valence-electron chi connectivity index (χ3n) is 4.41. The van der Waals surface area contributed by atoms with Gasteiger partial charge in [0.1, 0.15) is 0 Å². The minimum atomic E-state index is -0.678. The Balaban J connectivity index is 2.19. The maximum Gasteiger partial charge on any atom is 0.0945 e. The fraction of sp³-hybridized carbons (Fsp3) is 0.438. The predicted molar refractivity (Wildman–Crippen MR) is 73.3 cm³/mol. The van der Waals surface area contributed by atoms with E-state index < -0.39 is 5.60 Å². The number of benzene rings is 1. The number of aliphatic hydroxyl groups is 1. The van der Waals surface area contributed by atoms with E-state index in [1.54, 1.807) is 0 Å². The second-order valence-electron chi connectivity index (χ2n) is 5.33. The molecule has 1 N–H and O–H groups in total. The molecule has 0 radical (unpaired) electrons. The third kappa shape index (κ3) is 1.64. The minimum absolute atomic E-state index is 0.366. The van der Waals surface area contributed by atoms with Crippen molar-refractivity contribution in [2.24, 2.45) is 5.92 Å². The van der Waals surface area contributed by atoms with Crippen molar-refractivity contribution in [2.75, 3.05) is 0 Å². The van der Waals surface area contributed by atoms with Crippen LogP contribution in [0.3, 0.4) is 0 Å². The second-order valence-corrected chi connectivity index (χ2v) is 5.33. The molecule has 1 saturated carbocycles. The molecule has 18 heavy (non-hydrogen) atoms. The van der Waals surface area contributed by atoms with Crippen molar-refractivity contribution >= 4 is 10.8 Å². The summed E-state index contributed by atoms with van der Waals surface area (Å²) in [6.45, 7) is 2.17. The third-order valence-corrected chi connectivity index (χ3v) is 4.41. The highest BCUT2D eigenvalue weighted by molar-refractivity contribution is 5.85. The summed E-state index contributed by atoms with van der Waals surface area (Å²) in [4.78, 5) is 4.31. The summed E-state index contributed by atoms with van der Waals surface area (Å²) in [7, 11) is 0. The highest BCUT2D eigenvalue weighted by Crippen LogP contribution is 2.46. The van der Waals surface area contributed by atoms with E-state index in [9.17, 15) is 5.11 Å². The predicted octanol–water partition coefficient (Wildman–Crippen LogP) is 3.63. The number of aromatic nitrogens is 1. The zero-order valence-corrected chi connectivity index (χ0v) is 10.8. The van der Waals surface area contributed by atoms with Gasteiger partial charge in [-0.3, -0.25) is 4.98 Å². The van der Waals surface area contributed by atoms with Gasteiger partial charge in [-0.05, 0) is 30.6 Å². The summed E-state index contributed by atoms with van der Waals surface area (Å²) in [5.74, 6) is 0.366. The largest absolute Gasteiger partial charge is 0.385 e. The van der Waals surface area contributed by atoms with Crippen LogP contribution in [0.25, 0.3) is 10.8 Å². The van der Waals surface area contributed by atoms with E-state index in [1.807, 2.05) is 24.5 Å². The lowest BCUT2D eigenvalue weighted by molar-refractivity contribution is -0.00274. The maximum atomic E-state index is 11.1. The quantitative estimate of drug-likeness (QED) is 0.871. The Bertz CT molecular complexity index is 561. The Morgan fingerprint density at radius 3 is 3.00 bits per heavy atom. The van der Waals surface area contributed by atoms with Gasteiger partial charge in [0.2, 0.25) is 0 Å². The van der Waals surface area contributed by atoms with Gasteiger partial charge in [0.05, 0.1) is 5.60 Å².